The Morgan fingerprint density at radius 1 is 1.37 bits per heavy atom. The second-order valence-electron chi connectivity index (χ2n) is 6.54. The van der Waals surface area contributed by atoms with Crippen LogP contribution in [0, 0.1) is 5.41 Å². The van der Waals surface area contributed by atoms with Gasteiger partial charge < -0.3 is 9.47 Å². The van der Waals surface area contributed by atoms with Crippen LogP contribution in [0.4, 0.5) is 0 Å². The maximum Gasteiger partial charge on any atom is 0.306 e. The third-order valence-corrected chi connectivity index (χ3v) is 5.78. The van der Waals surface area contributed by atoms with Gasteiger partial charge in [-0.15, -0.1) is 0 Å². The number of hydrogen-bond acceptors (Lipinski definition) is 4. The number of carbonyl (C=O) groups is 1. The first-order valence-electron chi connectivity index (χ1n) is 6.94. The first-order valence-corrected chi connectivity index (χ1v) is 8.43. The monoisotopic (exact) mass is 288 g/mol. The number of hydrogen-bond donors (Lipinski definition) is 0. The van der Waals surface area contributed by atoms with Crippen LogP contribution in [-0.4, -0.2) is 40.5 Å². The Kier molecular flexibility index (Phi) is 4.35. The number of rotatable bonds is 6. The minimum absolute atomic E-state index is 0.0495. The topological polar surface area (TPSA) is 52.6 Å². The lowest BCUT2D eigenvalue weighted by molar-refractivity contribution is -0.141. The highest BCUT2D eigenvalue weighted by molar-refractivity contribution is 7.85. The summed E-state index contributed by atoms with van der Waals surface area (Å²) < 4.78 is 22.8. The molecule has 1 aliphatic heterocycles. The average Bonchev–Trinajstić information content (AvgIpc) is 2.95. The summed E-state index contributed by atoms with van der Waals surface area (Å²) in [5, 5.41) is 0. The van der Waals surface area contributed by atoms with E-state index in [1.165, 1.54) is 7.11 Å². The van der Waals surface area contributed by atoms with E-state index in [2.05, 4.69) is 13.8 Å². The molecular weight excluding hydrogens is 264 g/mol. The molecule has 4 nitrogen and oxygen atoms in total. The van der Waals surface area contributed by atoms with Crippen molar-refractivity contribution in [3.8, 4) is 0 Å². The molecule has 5 heteroatoms. The van der Waals surface area contributed by atoms with Gasteiger partial charge in [-0.25, -0.2) is 0 Å². The Labute approximate surface area is 117 Å². The van der Waals surface area contributed by atoms with Gasteiger partial charge in [-0.1, -0.05) is 0 Å². The molecule has 1 heterocycles. The largest absolute Gasteiger partial charge is 0.469 e. The van der Waals surface area contributed by atoms with Crippen molar-refractivity contribution in [3.05, 3.63) is 0 Å². The minimum atomic E-state index is -0.901. The van der Waals surface area contributed by atoms with Crippen LogP contribution in [0.3, 0.4) is 0 Å². The summed E-state index contributed by atoms with van der Waals surface area (Å²) in [7, 11) is 0.505. The van der Waals surface area contributed by atoms with Crippen LogP contribution in [0.15, 0.2) is 0 Å². The molecule has 0 N–H and O–H groups in total. The Morgan fingerprint density at radius 3 is 2.53 bits per heavy atom. The molecule has 0 bridgehead atoms. The number of methoxy groups -OCH3 is 1. The molecule has 1 saturated heterocycles. The lowest BCUT2D eigenvalue weighted by Crippen LogP contribution is -2.26. The zero-order chi connectivity index (χ0) is 14.1. The van der Waals surface area contributed by atoms with E-state index in [4.69, 9.17) is 9.47 Å². The van der Waals surface area contributed by atoms with Crippen LogP contribution >= 0.6 is 0 Å². The normalized spacial score (nSPS) is 28.9. The fourth-order valence-electron chi connectivity index (χ4n) is 2.73. The van der Waals surface area contributed by atoms with Gasteiger partial charge in [0.1, 0.15) is 0 Å². The Bertz CT molecular complexity index is 374. The lowest BCUT2D eigenvalue weighted by atomic mass is 10.1. The summed E-state index contributed by atoms with van der Waals surface area (Å²) in [6.07, 6.45) is 4.53. The molecule has 2 unspecified atom stereocenters. The van der Waals surface area contributed by atoms with E-state index in [1.807, 2.05) is 0 Å². The molecule has 1 saturated carbocycles. The maximum absolute atomic E-state index is 12.2. The summed E-state index contributed by atoms with van der Waals surface area (Å²) in [6, 6.07) is 0. The van der Waals surface area contributed by atoms with Crippen molar-refractivity contribution in [2.24, 2.45) is 5.41 Å². The second-order valence-corrected chi connectivity index (χ2v) is 8.04. The molecule has 1 aliphatic carbocycles. The van der Waals surface area contributed by atoms with Crippen LogP contribution in [0.1, 0.15) is 46.0 Å². The van der Waals surface area contributed by atoms with Crippen LogP contribution in [-0.2, 0) is 25.1 Å². The molecule has 2 fully saturated rings. The molecule has 0 amide bonds. The average molecular weight is 288 g/mol. The van der Waals surface area contributed by atoms with E-state index in [0.29, 0.717) is 17.9 Å². The third kappa shape index (κ3) is 4.28. The highest BCUT2D eigenvalue weighted by Gasteiger charge is 2.46. The van der Waals surface area contributed by atoms with Gasteiger partial charge in [-0.05, 0) is 44.9 Å². The highest BCUT2D eigenvalue weighted by Crippen LogP contribution is 2.49. The first-order chi connectivity index (χ1) is 8.84. The summed E-state index contributed by atoms with van der Waals surface area (Å²) in [4.78, 5) is 11.3. The van der Waals surface area contributed by atoms with Crippen LogP contribution in [0.25, 0.3) is 0 Å². The Morgan fingerprint density at radius 2 is 2.05 bits per heavy atom. The van der Waals surface area contributed by atoms with Crippen molar-refractivity contribution in [1.82, 2.24) is 0 Å². The predicted molar refractivity (Wildman–Crippen MR) is 74.4 cm³/mol. The van der Waals surface area contributed by atoms with Crippen LogP contribution in [0.2, 0.25) is 0 Å². The van der Waals surface area contributed by atoms with E-state index in [1.54, 1.807) is 0 Å². The zero-order valence-electron chi connectivity index (χ0n) is 12.1. The van der Waals surface area contributed by atoms with Crippen molar-refractivity contribution in [2.45, 2.75) is 57.7 Å². The van der Waals surface area contributed by atoms with Crippen LogP contribution in [0.5, 0.6) is 0 Å². The molecule has 0 spiro atoms. The summed E-state index contributed by atoms with van der Waals surface area (Å²) >= 11 is 0. The van der Waals surface area contributed by atoms with Crippen molar-refractivity contribution < 1.29 is 18.5 Å². The van der Waals surface area contributed by atoms with E-state index in [9.17, 15) is 9.00 Å². The summed E-state index contributed by atoms with van der Waals surface area (Å²) in [6.45, 7) is 4.16. The second kappa shape index (κ2) is 5.52. The lowest BCUT2D eigenvalue weighted by Gasteiger charge is -2.20. The number of carbonyl (C=O) groups excluding carboxylic acids is 1. The van der Waals surface area contributed by atoms with Crippen molar-refractivity contribution >= 4 is 16.8 Å². The van der Waals surface area contributed by atoms with Gasteiger partial charge in [-0.3, -0.25) is 9.00 Å². The smallest absolute Gasteiger partial charge is 0.306 e. The van der Waals surface area contributed by atoms with E-state index < -0.39 is 10.8 Å². The van der Waals surface area contributed by atoms with Crippen molar-refractivity contribution in [3.63, 3.8) is 0 Å². The molecule has 0 radical (unpaired) electrons. The molecule has 110 valence electrons. The third-order valence-electron chi connectivity index (χ3n) is 4.10. The predicted octanol–water partition coefficient (Wildman–Crippen LogP) is 2.04. The summed E-state index contributed by atoms with van der Waals surface area (Å²) in [5.74, 6) is 1.03. The molecule has 2 aliphatic rings. The first kappa shape index (κ1) is 15.0. The Hall–Kier alpha value is -0.420. The van der Waals surface area contributed by atoms with Gasteiger partial charge in [0.25, 0.3) is 0 Å². The van der Waals surface area contributed by atoms with Gasteiger partial charge in [0, 0.05) is 22.3 Å². The Balaban J connectivity index is 1.77. The molecule has 19 heavy (non-hydrogen) atoms. The quantitative estimate of drug-likeness (QED) is 0.702. The van der Waals surface area contributed by atoms with Gasteiger partial charge >= 0.3 is 5.97 Å². The minimum Gasteiger partial charge on any atom is -0.469 e. The number of esters is 1. The highest BCUT2D eigenvalue weighted by atomic mass is 32.2. The SMILES string of the molecule is COC(=O)CC1(CS(=O)CC2CCC(C)(C)O2)CC1. The fourth-order valence-corrected chi connectivity index (χ4v) is 4.57. The van der Waals surface area contributed by atoms with Crippen molar-refractivity contribution in [1.29, 1.82) is 0 Å². The van der Waals surface area contributed by atoms with Gasteiger partial charge in [-0.2, -0.15) is 0 Å². The van der Waals surface area contributed by atoms with Gasteiger partial charge in [0.15, 0.2) is 0 Å². The zero-order valence-corrected chi connectivity index (χ0v) is 12.9. The standard InChI is InChI=1S/C14H24O4S/c1-13(2)5-4-11(18-13)9-19(16)10-14(6-7-14)8-12(15)17-3/h11H,4-10H2,1-3H3. The fraction of sp³-hybridized carbons (Fsp3) is 0.929. The molecular formula is C14H24O4S. The molecule has 2 atom stereocenters. The van der Waals surface area contributed by atoms with Crippen LogP contribution < -0.4 is 0 Å². The molecule has 0 aromatic carbocycles. The summed E-state index contributed by atoms with van der Waals surface area (Å²) in [5.41, 5.74) is -0.121. The van der Waals surface area contributed by atoms with Crippen molar-refractivity contribution in [2.75, 3.05) is 18.6 Å². The van der Waals surface area contributed by atoms with E-state index in [-0.39, 0.29) is 23.1 Å². The van der Waals surface area contributed by atoms with Gasteiger partial charge in [0.2, 0.25) is 0 Å². The molecule has 0 aromatic rings. The maximum atomic E-state index is 12.2. The molecule has 0 aromatic heterocycles. The van der Waals surface area contributed by atoms with E-state index >= 15 is 0 Å². The van der Waals surface area contributed by atoms with Gasteiger partial charge in [0.05, 0.1) is 25.2 Å². The van der Waals surface area contributed by atoms with E-state index in [0.717, 1.165) is 25.7 Å². The number of ether oxygens (including phenoxy) is 2. The molecule has 2 rings (SSSR count).